The summed E-state index contributed by atoms with van der Waals surface area (Å²) in [7, 11) is 0. The molecule has 0 aliphatic rings. The summed E-state index contributed by atoms with van der Waals surface area (Å²) in [5.41, 5.74) is 1.86. The number of benzene rings is 2. The van der Waals surface area contributed by atoms with Crippen molar-refractivity contribution in [1.29, 1.82) is 0 Å². The van der Waals surface area contributed by atoms with Crippen molar-refractivity contribution in [2.24, 2.45) is 5.92 Å². The predicted octanol–water partition coefficient (Wildman–Crippen LogP) is 6.22. The van der Waals surface area contributed by atoms with Gasteiger partial charge in [-0.15, -0.1) is 6.42 Å². The van der Waals surface area contributed by atoms with Gasteiger partial charge in [-0.2, -0.15) is 0 Å². The Morgan fingerprint density at radius 3 is 2.18 bits per heavy atom. The van der Waals surface area contributed by atoms with Crippen LogP contribution in [-0.2, 0) is 14.3 Å². The molecule has 0 heterocycles. The second kappa shape index (κ2) is 13.8. The molecule has 0 aromatic heterocycles. The summed E-state index contributed by atoms with van der Waals surface area (Å²) in [4.78, 5) is 42.9. The lowest BCUT2D eigenvalue weighted by Crippen LogP contribution is -2.57. The Kier molecular flexibility index (Phi) is 11.2. The minimum absolute atomic E-state index is 0.223. The fourth-order valence-corrected chi connectivity index (χ4v) is 4.27. The van der Waals surface area contributed by atoms with Crippen LogP contribution in [0.5, 0.6) is 0 Å². The number of rotatable bonds is 10. The minimum Gasteiger partial charge on any atom is -0.444 e. The molecule has 3 amide bonds. The normalized spacial score (nSPS) is 14.2. The molecule has 4 unspecified atom stereocenters. The molecule has 2 N–H and O–H groups in total. The first-order valence-electron chi connectivity index (χ1n) is 13.6. The highest BCUT2D eigenvalue weighted by Crippen LogP contribution is 2.31. The molecule has 210 valence electrons. The van der Waals surface area contributed by atoms with Crippen LogP contribution in [0.15, 0.2) is 48.5 Å². The molecule has 0 aliphatic heterocycles. The van der Waals surface area contributed by atoms with E-state index in [-0.39, 0.29) is 23.8 Å². The topological polar surface area (TPSA) is 87.7 Å². The zero-order valence-corrected chi connectivity index (χ0v) is 24.5. The second-order valence-corrected chi connectivity index (χ2v) is 11.0. The second-order valence-electron chi connectivity index (χ2n) is 11.0. The Morgan fingerprint density at radius 1 is 1.00 bits per heavy atom. The van der Waals surface area contributed by atoms with Gasteiger partial charge in [0.05, 0.1) is 0 Å². The third kappa shape index (κ3) is 8.35. The van der Waals surface area contributed by atoms with Gasteiger partial charge in [0.2, 0.25) is 5.91 Å². The van der Waals surface area contributed by atoms with Crippen LogP contribution in [0.1, 0.15) is 84.0 Å². The molecule has 2 aromatic rings. The first-order valence-corrected chi connectivity index (χ1v) is 13.6. The van der Waals surface area contributed by atoms with Gasteiger partial charge in [0.15, 0.2) is 0 Å². The average molecular weight is 534 g/mol. The first-order chi connectivity index (χ1) is 18.3. The van der Waals surface area contributed by atoms with Crippen molar-refractivity contribution in [3.05, 3.63) is 65.2 Å². The van der Waals surface area contributed by atoms with Gasteiger partial charge in [-0.05, 0) is 70.2 Å². The number of carbonyl (C=O) groups excluding carboxylic acids is 3. The fraction of sp³-hybridized carbons (Fsp3) is 0.469. The molecular weight excluding hydrogens is 490 g/mol. The monoisotopic (exact) mass is 533 g/mol. The Bertz CT molecular complexity index is 1190. The van der Waals surface area contributed by atoms with E-state index in [1.807, 2.05) is 58.9 Å². The number of hydrogen-bond acceptors (Lipinski definition) is 4. The number of aryl methyl sites for hydroxylation is 1. The van der Waals surface area contributed by atoms with Crippen molar-refractivity contribution in [1.82, 2.24) is 10.2 Å². The van der Waals surface area contributed by atoms with E-state index in [1.54, 1.807) is 49.9 Å². The van der Waals surface area contributed by atoms with E-state index in [4.69, 9.17) is 11.2 Å². The number of anilines is 1. The highest BCUT2D eigenvalue weighted by molar-refractivity contribution is 6.00. The Hall–Kier alpha value is -3.79. The quantitative estimate of drug-likeness (QED) is 0.355. The van der Waals surface area contributed by atoms with Crippen LogP contribution in [0.4, 0.5) is 10.5 Å². The van der Waals surface area contributed by atoms with Gasteiger partial charge in [0.1, 0.15) is 17.7 Å². The largest absolute Gasteiger partial charge is 0.444 e. The molecule has 39 heavy (non-hydrogen) atoms. The molecule has 0 aliphatic carbocycles. The van der Waals surface area contributed by atoms with Gasteiger partial charge >= 0.3 is 6.09 Å². The summed E-state index contributed by atoms with van der Waals surface area (Å²) < 4.78 is 5.47. The van der Waals surface area contributed by atoms with Crippen molar-refractivity contribution in [2.45, 2.75) is 92.0 Å². The summed E-state index contributed by atoms with van der Waals surface area (Å²) >= 11 is 0. The predicted molar refractivity (Wildman–Crippen MR) is 156 cm³/mol. The SMILES string of the molecule is C#Cc1ccccc1C(C(=O)Nc1ccccc1C)N(C(=O)C(NC(=O)OC(C)(C)C)C(C)CC)C(C)CC. The van der Waals surface area contributed by atoms with Gasteiger partial charge < -0.3 is 20.3 Å². The minimum atomic E-state index is -1.04. The lowest BCUT2D eigenvalue weighted by Gasteiger charge is -2.39. The number of alkyl carbamates (subject to hydrolysis) is 1. The van der Waals surface area contributed by atoms with Crippen molar-refractivity contribution in [3.63, 3.8) is 0 Å². The number of hydrogen-bond donors (Lipinski definition) is 2. The Balaban J connectivity index is 2.66. The molecule has 4 atom stereocenters. The van der Waals surface area contributed by atoms with E-state index < -0.39 is 23.8 Å². The highest BCUT2D eigenvalue weighted by atomic mass is 16.6. The third-order valence-corrected chi connectivity index (χ3v) is 6.81. The number of amides is 3. The Morgan fingerprint density at radius 2 is 1.62 bits per heavy atom. The lowest BCUT2D eigenvalue weighted by molar-refractivity contribution is -0.144. The molecule has 0 bridgehead atoms. The average Bonchev–Trinajstić information content (AvgIpc) is 2.89. The van der Waals surface area contributed by atoms with Gasteiger partial charge in [0.25, 0.3) is 5.91 Å². The molecule has 0 radical (unpaired) electrons. The number of terminal acetylenes is 1. The molecule has 0 fully saturated rings. The molecule has 0 saturated heterocycles. The highest BCUT2D eigenvalue weighted by Gasteiger charge is 2.40. The maximum Gasteiger partial charge on any atom is 0.408 e. The van der Waals surface area contributed by atoms with E-state index >= 15 is 0 Å². The van der Waals surface area contributed by atoms with Crippen LogP contribution < -0.4 is 10.6 Å². The first kappa shape index (κ1) is 31.4. The number of carbonyl (C=O) groups is 3. The Labute approximate surface area is 233 Å². The van der Waals surface area contributed by atoms with E-state index in [0.717, 1.165) is 5.56 Å². The van der Waals surface area contributed by atoms with Crippen molar-refractivity contribution in [2.75, 3.05) is 5.32 Å². The van der Waals surface area contributed by atoms with Gasteiger partial charge in [-0.1, -0.05) is 69.5 Å². The summed E-state index contributed by atoms with van der Waals surface area (Å²) in [6.45, 7) is 14.9. The van der Waals surface area contributed by atoms with E-state index in [2.05, 4.69) is 16.6 Å². The van der Waals surface area contributed by atoms with Crippen LogP contribution in [0.25, 0.3) is 0 Å². The molecular formula is C32H43N3O4. The molecule has 0 spiro atoms. The maximum absolute atomic E-state index is 14.4. The molecule has 7 heteroatoms. The lowest BCUT2D eigenvalue weighted by atomic mass is 9.92. The number of ether oxygens (including phenoxy) is 1. The number of nitrogens with zero attached hydrogens (tertiary/aromatic N) is 1. The molecule has 7 nitrogen and oxygen atoms in total. The maximum atomic E-state index is 14.4. The van der Waals surface area contributed by atoms with Crippen LogP contribution >= 0.6 is 0 Å². The van der Waals surface area contributed by atoms with Crippen molar-refractivity contribution in [3.8, 4) is 12.3 Å². The van der Waals surface area contributed by atoms with Crippen LogP contribution in [0.2, 0.25) is 0 Å². The van der Waals surface area contributed by atoms with Crippen molar-refractivity contribution < 1.29 is 19.1 Å². The van der Waals surface area contributed by atoms with Crippen LogP contribution in [0.3, 0.4) is 0 Å². The van der Waals surface area contributed by atoms with Crippen LogP contribution in [0, 0.1) is 25.2 Å². The van der Waals surface area contributed by atoms with E-state index in [9.17, 15) is 14.4 Å². The third-order valence-electron chi connectivity index (χ3n) is 6.81. The van der Waals surface area contributed by atoms with Gasteiger partial charge in [-0.3, -0.25) is 9.59 Å². The van der Waals surface area contributed by atoms with Gasteiger partial charge in [-0.25, -0.2) is 4.79 Å². The zero-order chi connectivity index (χ0) is 29.3. The summed E-state index contributed by atoms with van der Waals surface area (Å²) in [6.07, 6.45) is 6.37. The fourth-order valence-electron chi connectivity index (χ4n) is 4.27. The standard InChI is InChI=1S/C32H43N3O4/c1-10-21(4)27(34-31(38)39-32(7,8)9)30(37)35(23(6)11-2)28(25-19-15-14-18-24(25)12-3)29(36)33-26-20-16-13-17-22(26)5/h3,13-21,23,27-28H,10-11H2,1-2,4-9H3,(H,33,36)(H,34,38). The van der Waals surface area contributed by atoms with Crippen molar-refractivity contribution >= 4 is 23.6 Å². The summed E-state index contributed by atoms with van der Waals surface area (Å²) in [5, 5.41) is 5.81. The van der Waals surface area contributed by atoms with E-state index in [0.29, 0.717) is 29.7 Å². The van der Waals surface area contributed by atoms with Crippen LogP contribution in [-0.4, -0.2) is 40.5 Å². The molecule has 2 aromatic carbocycles. The molecule has 2 rings (SSSR count). The van der Waals surface area contributed by atoms with Gasteiger partial charge in [0, 0.05) is 17.3 Å². The zero-order valence-electron chi connectivity index (χ0n) is 24.5. The summed E-state index contributed by atoms with van der Waals surface area (Å²) in [6, 6.07) is 12.3. The smallest absolute Gasteiger partial charge is 0.408 e. The van der Waals surface area contributed by atoms with E-state index in [1.165, 1.54) is 0 Å². The number of para-hydroxylation sites is 1. The molecule has 0 saturated carbocycles. The summed E-state index contributed by atoms with van der Waals surface area (Å²) in [5.74, 6) is 1.69. The number of nitrogens with one attached hydrogen (secondary N) is 2.